The second-order valence-corrected chi connectivity index (χ2v) is 7.49. The van der Waals surface area contributed by atoms with Crippen molar-refractivity contribution >= 4 is 11.5 Å². The van der Waals surface area contributed by atoms with Gasteiger partial charge in [0.05, 0.1) is 23.6 Å². The number of rotatable bonds is 3. The van der Waals surface area contributed by atoms with Crippen LogP contribution in [0, 0.1) is 6.92 Å². The molecule has 1 atom stereocenters. The van der Waals surface area contributed by atoms with E-state index in [1.54, 1.807) is 10.7 Å². The highest BCUT2D eigenvalue weighted by Crippen LogP contribution is 2.39. The third-order valence-corrected chi connectivity index (χ3v) is 5.59. The first-order chi connectivity index (χ1) is 13.3. The van der Waals surface area contributed by atoms with Crippen LogP contribution in [0.5, 0.6) is 0 Å². The second-order valence-electron chi connectivity index (χ2n) is 7.49. The minimum atomic E-state index is -4.30. The summed E-state index contributed by atoms with van der Waals surface area (Å²) in [7, 11) is 2.04. The van der Waals surface area contributed by atoms with Crippen molar-refractivity contribution in [1.82, 2.24) is 34.3 Å². The maximum absolute atomic E-state index is 13.3. The van der Waals surface area contributed by atoms with Crippen LogP contribution in [0.3, 0.4) is 0 Å². The molecule has 0 aromatic carbocycles. The Balaban J connectivity index is 1.58. The fourth-order valence-electron chi connectivity index (χ4n) is 3.92. The lowest BCUT2D eigenvalue weighted by atomic mass is 10.0. The predicted molar refractivity (Wildman–Crippen MR) is 95.1 cm³/mol. The third kappa shape index (κ3) is 2.56. The van der Waals surface area contributed by atoms with Gasteiger partial charge in [0.25, 0.3) is 0 Å². The fraction of sp³-hybridized carbons (Fsp3) is 0.529. The summed E-state index contributed by atoms with van der Waals surface area (Å²) in [4.78, 5) is 12.2. The minimum Gasteiger partial charge on any atom is -0.341 e. The zero-order valence-corrected chi connectivity index (χ0v) is 15.4. The van der Waals surface area contributed by atoms with Crippen LogP contribution in [-0.4, -0.2) is 73.2 Å². The molecule has 5 rings (SSSR count). The van der Waals surface area contributed by atoms with Gasteiger partial charge in [-0.3, -0.25) is 4.68 Å². The van der Waals surface area contributed by atoms with E-state index < -0.39 is 12.2 Å². The number of anilines is 1. The Labute approximate surface area is 158 Å². The number of hydrogen-bond donors (Lipinski definition) is 0. The topological polar surface area (TPSA) is 67.4 Å². The molecule has 3 aromatic rings. The van der Waals surface area contributed by atoms with Gasteiger partial charge in [-0.25, -0.2) is 14.5 Å². The lowest BCUT2D eigenvalue weighted by Gasteiger charge is -2.42. The molecule has 0 spiro atoms. The molecule has 0 N–H and O–H groups in total. The molecule has 0 amide bonds. The van der Waals surface area contributed by atoms with E-state index >= 15 is 0 Å². The summed E-state index contributed by atoms with van der Waals surface area (Å²) in [5.41, 5.74) is 2.38. The first-order valence-corrected chi connectivity index (χ1v) is 9.09. The van der Waals surface area contributed by atoms with Crippen LogP contribution in [0.4, 0.5) is 19.0 Å². The highest BCUT2D eigenvalue weighted by Gasteiger charge is 2.50. The Morgan fingerprint density at radius 1 is 1.18 bits per heavy atom. The molecule has 0 radical (unpaired) electrons. The summed E-state index contributed by atoms with van der Waals surface area (Å²) in [6.07, 6.45) is 0.701. The van der Waals surface area contributed by atoms with Crippen molar-refractivity contribution < 1.29 is 13.2 Å². The maximum atomic E-state index is 13.3. The highest BCUT2D eigenvalue weighted by molar-refractivity contribution is 5.72. The SMILES string of the molecule is Cc1c(-c2cnn(C3CN(C)C3)c2)nc(N2CC[C@@H]2C(F)(F)F)c2ncnn12. The van der Waals surface area contributed by atoms with Crippen LogP contribution in [0.25, 0.3) is 16.9 Å². The molecular formula is C17H19F3N8. The summed E-state index contributed by atoms with van der Waals surface area (Å²) < 4.78 is 43.4. The number of hydrogen-bond acceptors (Lipinski definition) is 6. The number of alkyl halides is 3. The molecule has 2 aliphatic heterocycles. The van der Waals surface area contributed by atoms with Gasteiger partial charge in [-0.2, -0.15) is 23.4 Å². The average molecular weight is 392 g/mol. The van der Waals surface area contributed by atoms with Crippen LogP contribution in [0.15, 0.2) is 18.7 Å². The lowest BCUT2D eigenvalue weighted by molar-refractivity contribution is -0.159. The third-order valence-electron chi connectivity index (χ3n) is 5.59. The van der Waals surface area contributed by atoms with Gasteiger partial charge in [0.15, 0.2) is 11.5 Å². The molecule has 0 aliphatic carbocycles. The van der Waals surface area contributed by atoms with Crippen molar-refractivity contribution in [1.29, 1.82) is 0 Å². The van der Waals surface area contributed by atoms with Crippen molar-refractivity contribution in [2.45, 2.75) is 31.6 Å². The fourth-order valence-corrected chi connectivity index (χ4v) is 3.92. The molecule has 0 bridgehead atoms. The zero-order chi connectivity index (χ0) is 19.6. The van der Waals surface area contributed by atoms with E-state index in [-0.39, 0.29) is 18.8 Å². The molecule has 0 unspecified atom stereocenters. The lowest BCUT2D eigenvalue weighted by Crippen LogP contribution is -2.56. The van der Waals surface area contributed by atoms with Crippen LogP contribution in [-0.2, 0) is 0 Å². The van der Waals surface area contributed by atoms with Gasteiger partial charge in [0.1, 0.15) is 12.4 Å². The second kappa shape index (κ2) is 5.90. The van der Waals surface area contributed by atoms with Crippen molar-refractivity contribution in [2.24, 2.45) is 0 Å². The van der Waals surface area contributed by atoms with Gasteiger partial charge in [-0.05, 0) is 20.4 Å². The molecule has 3 aromatic heterocycles. The number of aromatic nitrogens is 6. The van der Waals surface area contributed by atoms with Crippen LogP contribution in [0.1, 0.15) is 18.2 Å². The largest absolute Gasteiger partial charge is 0.408 e. The van der Waals surface area contributed by atoms with Crippen molar-refractivity contribution in [3.8, 4) is 11.3 Å². The molecule has 2 saturated heterocycles. The molecule has 2 fully saturated rings. The Morgan fingerprint density at radius 3 is 2.61 bits per heavy atom. The van der Waals surface area contributed by atoms with Crippen molar-refractivity contribution in [3.05, 3.63) is 24.4 Å². The monoisotopic (exact) mass is 392 g/mol. The Hall–Kier alpha value is -2.69. The average Bonchev–Trinajstić information content (AvgIpc) is 3.21. The summed E-state index contributed by atoms with van der Waals surface area (Å²) in [5.74, 6) is 0.211. The molecule has 11 heteroatoms. The molecule has 8 nitrogen and oxygen atoms in total. The smallest absolute Gasteiger partial charge is 0.341 e. The number of fused-ring (bicyclic) bond motifs is 1. The summed E-state index contributed by atoms with van der Waals surface area (Å²) in [6.45, 7) is 3.96. The Bertz CT molecular complexity index is 1030. The Kier molecular flexibility index (Phi) is 3.67. The minimum absolute atomic E-state index is 0.0574. The van der Waals surface area contributed by atoms with Gasteiger partial charge in [-0.15, -0.1) is 0 Å². The van der Waals surface area contributed by atoms with E-state index in [1.165, 1.54) is 11.2 Å². The zero-order valence-electron chi connectivity index (χ0n) is 15.4. The van der Waals surface area contributed by atoms with Gasteiger partial charge in [0.2, 0.25) is 0 Å². The quantitative estimate of drug-likeness (QED) is 0.679. The predicted octanol–water partition coefficient (Wildman–Crippen LogP) is 1.92. The van der Waals surface area contributed by atoms with Gasteiger partial charge in [0, 0.05) is 31.4 Å². The van der Waals surface area contributed by atoms with Gasteiger partial charge >= 0.3 is 6.18 Å². The first-order valence-electron chi connectivity index (χ1n) is 9.09. The van der Waals surface area contributed by atoms with E-state index in [9.17, 15) is 13.2 Å². The molecule has 148 valence electrons. The normalized spacial score (nSPS) is 21.2. The van der Waals surface area contributed by atoms with E-state index in [0.29, 0.717) is 23.1 Å². The van der Waals surface area contributed by atoms with Crippen molar-refractivity contribution in [2.75, 3.05) is 31.6 Å². The number of likely N-dealkylation sites (tertiary alicyclic amines) is 1. The van der Waals surface area contributed by atoms with Crippen LogP contribution in [0.2, 0.25) is 0 Å². The summed E-state index contributed by atoms with van der Waals surface area (Å²) in [5, 5.41) is 8.63. The highest BCUT2D eigenvalue weighted by atomic mass is 19.4. The maximum Gasteiger partial charge on any atom is 0.408 e. The van der Waals surface area contributed by atoms with Gasteiger partial charge in [-0.1, -0.05) is 0 Å². The van der Waals surface area contributed by atoms with E-state index in [1.807, 2.05) is 24.9 Å². The first kappa shape index (κ1) is 17.4. The molecule has 2 aliphatic rings. The van der Waals surface area contributed by atoms with E-state index in [2.05, 4.69) is 25.1 Å². The van der Waals surface area contributed by atoms with E-state index in [0.717, 1.165) is 18.7 Å². The number of halogens is 3. The number of likely N-dealkylation sites (N-methyl/N-ethyl adjacent to an activating group) is 1. The van der Waals surface area contributed by atoms with Crippen LogP contribution >= 0.6 is 0 Å². The van der Waals surface area contributed by atoms with Crippen molar-refractivity contribution in [3.63, 3.8) is 0 Å². The van der Waals surface area contributed by atoms with Crippen LogP contribution < -0.4 is 4.90 Å². The molecule has 0 saturated carbocycles. The van der Waals surface area contributed by atoms with Gasteiger partial charge < -0.3 is 9.80 Å². The summed E-state index contributed by atoms with van der Waals surface area (Å²) in [6, 6.07) is -1.23. The molecule has 28 heavy (non-hydrogen) atoms. The number of aryl methyl sites for hydroxylation is 1. The number of nitrogens with zero attached hydrogens (tertiary/aromatic N) is 8. The standard InChI is InChI=1S/C17H19F3N8/c1-10-14(11-5-22-27(6-11)12-7-25(2)8-12)24-16(15-21-9-23-28(10)15)26-4-3-13(26)17(18,19)20/h5-6,9,12-13H,3-4,7-8H2,1-2H3/t13-/m1/s1. The Morgan fingerprint density at radius 2 is 1.96 bits per heavy atom. The van der Waals surface area contributed by atoms with E-state index in [4.69, 9.17) is 0 Å². The summed E-state index contributed by atoms with van der Waals surface area (Å²) >= 11 is 0. The molecular weight excluding hydrogens is 373 g/mol. The molecule has 5 heterocycles.